The van der Waals surface area contributed by atoms with E-state index in [0.717, 1.165) is 12.8 Å². The lowest BCUT2D eigenvalue weighted by Crippen LogP contribution is -2.28. The van der Waals surface area contributed by atoms with E-state index in [-0.39, 0.29) is 11.5 Å². The molecule has 0 unspecified atom stereocenters. The highest BCUT2D eigenvalue weighted by molar-refractivity contribution is 5.93. The molecule has 0 atom stereocenters. The van der Waals surface area contributed by atoms with Crippen LogP contribution in [0.2, 0.25) is 0 Å². The van der Waals surface area contributed by atoms with Gasteiger partial charge in [-0.05, 0) is 18.6 Å². The quantitative estimate of drug-likeness (QED) is 0.713. The minimum Gasteiger partial charge on any atom is -0.342 e. The van der Waals surface area contributed by atoms with Gasteiger partial charge in [0, 0.05) is 19.8 Å². The van der Waals surface area contributed by atoms with Crippen molar-refractivity contribution in [1.82, 2.24) is 9.88 Å². The number of carbonyl (C=O) groups excluding carboxylic acids is 1. The third-order valence-corrected chi connectivity index (χ3v) is 2.18. The maximum absolute atomic E-state index is 13.2. The minimum absolute atomic E-state index is 0.0381. The zero-order valence-electron chi connectivity index (χ0n) is 9.03. The number of carbonyl (C=O) groups is 1. The van der Waals surface area contributed by atoms with Crippen molar-refractivity contribution >= 4 is 5.91 Å². The van der Waals surface area contributed by atoms with Crippen LogP contribution in [0.4, 0.5) is 4.39 Å². The number of hydrogen-bond donors (Lipinski definition) is 0. The Hall–Kier alpha value is -1.45. The molecule has 0 fully saturated rings. The third-order valence-electron chi connectivity index (χ3n) is 2.18. The highest BCUT2D eigenvalue weighted by atomic mass is 19.1. The normalized spacial score (nSPS) is 10.1. The van der Waals surface area contributed by atoms with Crippen molar-refractivity contribution in [2.24, 2.45) is 0 Å². The first-order valence-electron chi connectivity index (χ1n) is 5.02. The van der Waals surface area contributed by atoms with Crippen molar-refractivity contribution in [1.29, 1.82) is 0 Å². The highest BCUT2D eigenvalue weighted by Gasteiger charge is 2.15. The third kappa shape index (κ3) is 3.01. The van der Waals surface area contributed by atoms with E-state index in [0.29, 0.717) is 6.54 Å². The number of halogens is 1. The number of nitrogens with zero attached hydrogens (tertiary/aromatic N) is 2. The zero-order chi connectivity index (χ0) is 11.3. The molecule has 0 aliphatic heterocycles. The SMILES string of the molecule is CCCCN(C)C(=O)c1cccnc1F. The summed E-state index contributed by atoms with van der Waals surface area (Å²) in [6.07, 6.45) is 3.26. The molecule has 0 spiro atoms. The van der Waals surface area contributed by atoms with Crippen molar-refractivity contribution in [2.75, 3.05) is 13.6 Å². The smallest absolute Gasteiger partial charge is 0.258 e. The lowest BCUT2D eigenvalue weighted by Gasteiger charge is -2.16. The summed E-state index contributed by atoms with van der Waals surface area (Å²) in [5.41, 5.74) is 0.0381. The molecule has 1 aromatic rings. The van der Waals surface area contributed by atoms with Gasteiger partial charge in [0.05, 0.1) is 5.56 Å². The lowest BCUT2D eigenvalue weighted by atomic mass is 10.2. The summed E-state index contributed by atoms with van der Waals surface area (Å²) >= 11 is 0. The predicted molar refractivity (Wildman–Crippen MR) is 56.1 cm³/mol. The lowest BCUT2D eigenvalue weighted by molar-refractivity contribution is 0.0787. The number of pyridine rings is 1. The standard InChI is InChI=1S/C11H15FN2O/c1-3-4-8-14(2)11(15)9-6-5-7-13-10(9)12/h5-7H,3-4,8H2,1-2H3. The summed E-state index contributed by atoms with van der Waals surface area (Å²) in [6.45, 7) is 2.69. The highest BCUT2D eigenvalue weighted by Crippen LogP contribution is 2.07. The molecule has 1 rings (SSSR count). The van der Waals surface area contributed by atoms with Crippen molar-refractivity contribution in [2.45, 2.75) is 19.8 Å². The Balaban J connectivity index is 2.72. The van der Waals surface area contributed by atoms with E-state index in [1.807, 2.05) is 6.92 Å². The van der Waals surface area contributed by atoms with E-state index in [1.54, 1.807) is 13.1 Å². The Kier molecular flexibility index (Phi) is 4.21. The van der Waals surface area contributed by atoms with E-state index < -0.39 is 5.95 Å². The molecule has 3 nitrogen and oxygen atoms in total. The maximum atomic E-state index is 13.2. The van der Waals surface area contributed by atoms with Gasteiger partial charge < -0.3 is 4.90 Å². The van der Waals surface area contributed by atoms with Crippen molar-refractivity contribution in [3.8, 4) is 0 Å². The first-order valence-corrected chi connectivity index (χ1v) is 5.02. The number of aromatic nitrogens is 1. The average molecular weight is 210 g/mol. The van der Waals surface area contributed by atoms with E-state index >= 15 is 0 Å². The first kappa shape index (κ1) is 11.6. The molecular weight excluding hydrogens is 195 g/mol. The summed E-state index contributed by atoms with van der Waals surface area (Å²) < 4.78 is 13.2. The summed E-state index contributed by atoms with van der Waals surface area (Å²) in [7, 11) is 1.67. The fourth-order valence-electron chi connectivity index (χ4n) is 1.25. The van der Waals surface area contributed by atoms with Gasteiger partial charge in [0.1, 0.15) is 0 Å². The van der Waals surface area contributed by atoms with Gasteiger partial charge in [-0.25, -0.2) is 4.98 Å². The minimum atomic E-state index is -0.703. The Bertz CT molecular complexity index is 341. The van der Waals surface area contributed by atoms with Crippen LogP contribution >= 0.6 is 0 Å². The van der Waals surface area contributed by atoms with Gasteiger partial charge in [-0.15, -0.1) is 0 Å². The van der Waals surface area contributed by atoms with E-state index in [9.17, 15) is 9.18 Å². The molecule has 82 valence electrons. The fourth-order valence-corrected chi connectivity index (χ4v) is 1.25. The second-order valence-electron chi connectivity index (χ2n) is 3.42. The summed E-state index contributed by atoms with van der Waals surface area (Å²) in [6, 6.07) is 3.01. The Morgan fingerprint density at radius 1 is 1.60 bits per heavy atom. The van der Waals surface area contributed by atoms with Gasteiger partial charge >= 0.3 is 0 Å². The second-order valence-corrected chi connectivity index (χ2v) is 3.42. The molecule has 0 aromatic carbocycles. The first-order chi connectivity index (χ1) is 7.16. The molecule has 0 radical (unpaired) electrons. The number of unbranched alkanes of at least 4 members (excludes halogenated alkanes) is 1. The zero-order valence-corrected chi connectivity index (χ0v) is 9.03. The van der Waals surface area contributed by atoms with Crippen LogP contribution in [-0.2, 0) is 0 Å². The summed E-state index contributed by atoms with van der Waals surface area (Å²) in [5, 5.41) is 0. The van der Waals surface area contributed by atoms with Gasteiger partial charge in [-0.1, -0.05) is 13.3 Å². The topological polar surface area (TPSA) is 33.2 Å². The molecule has 4 heteroatoms. The predicted octanol–water partition coefficient (Wildman–Crippen LogP) is 2.09. The molecule has 0 aliphatic rings. The molecule has 0 bridgehead atoms. The molecule has 0 saturated heterocycles. The molecule has 0 saturated carbocycles. The van der Waals surface area contributed by atoms with Crippen LogP contribution in [0, 0.1) is 5.95 Å². The van der Waals surface area contributed by atoms with Crippen LogP contribution < -0.4 is 0 Å². The van der Waals surface area contributed by atoms with E-state index in [4.69, 9.17) is 0 Å². The second kappa shape index (κ2) is 5.44. The molecular formula is C11H15FN2O. The van der Waals surface area contributed by atoms with Gasteiger partial charge in [0.25, 0.3) is 5.91 Å². The fraction of sp³-hybridized carbons (Fsp3) is 0.455. The van der Waals surface area contributed by atoms with Crippen molar-refractivity contribution in [3.63, 3.8) is 0 Å². The van der Waals surface area contributed by atoms with Crippen LogP contribution in [0.1, 0.15) is 30.1 Å². The monoisotopic (exact) mass is 210 g/mol. The van der Waals surface area contributed by atoms with Crippen LogP contribution in [0.5, 0.6) is 0 Å². The van der Waals surface area contributed by atoms with Crippen LogP contribution in [0.3, 0.4) is 0 Å². The number of hydrogen-bond acceptors (Lipinski definition) is 2. The van der Waals surface area contributed by atoms with Crippen LogP contribution in [0.25, 0.3) is 0 Å². The number of amides is 1. The van der Waals surface area contributed by atoms with Crippen molar-refractivity contribution < 1.29 is 9.18 Å². The average Bonchev–Trinajstić information content (AvgIpc) is 2.25. The summed E-state index contributed by atoms with van der Waals surface area (Å²) in [4.78, 5) is 16.7. The molecule has 1 amide bonds. The Morgan fingerprint density at radius 2 is 2.33 bits per heavy atom. The Morgan fingerprint density at radius 3 is 2.93 bits per heavy atom. The van der Waals surface area contributed by atoms with Gasteiger partial charge in [0.15, 0.2) is 0 Å². The summed E-state index contributed by atoms with van der Waals surface area (Å²) in [5.74, 6) is -1.01. The van der Waals surface area contributed by atoms with Crippen molar-refractivity contribution in [3.05, 3.63) is 29.8 Å². The largest absolute Gasteiger partial charge is 0.342 e. The Labute approximate surface area is 88.9 Å². The molecule has 1 aromatic heterocycles. The van der Waals surface area contributed by atoms with Gasteiger partial charge in [0.2, 0.25) is 5.95 Å². The molecule has 0 N–H and O–H groups in total. The molecule has 15 heavy (non-hydrogen) atoms. The number of rotatable bonds is 4. The van der Waals surface area contributed by atoms with Gasteiger partial charge in [-0.3, -0.25) is 4.79 Å². The van der Waals surface area contributed by atoms with Crippen LogP contribution in [-0.4, -0.2) is 29.4 Å². The van der Waals surface area contributed by atoms with Crippen LogP contribution in [0.15, 0.2) is 18.3 Å². The maximum Gasteiger partial charge on any atom is 0.258 e. The van der Waals surface area contributed by atoms with E-state index in [1.165, 1.54) is 17.2 Å². The van der Waals surface area contributed by atoms with Gasteiger partial charge in [-0.2, -0.15) is 4.39 Å². The van der Waals surface area contributed by atoms with E-state index in [2.05, 4.69) is 4.98 Å². The molecule has 0 aliphatic carbocycles. The molecule has 1 heterocycles.